The van der Waals surface area contributed by atoms with E-state index in [-0.39, 0.29) is 5.91 Å². The van der Waals surface area contributed by atoms with Gasteiger partial charge in [0.25, 0.3) is 5.91 Å². The normalized spacial score (nSPS) is 10.9. The number of furan rings is 1. The number of carbonyl (C=O) groups is 1. The zero-order valence-electron chi connectivity index (χ0n) is 20.0. The van der Waals surface area contributed by atoms with E-state index in [1.54, 1.807) is 22.9 Å². The summed E-state index contributed by atoms with van der Waals surface area (Å²) in [7, 11) is 0. The third-order valence-corrected chi connectivity index (χ3v) is 6.23. The van der Waals surface area contributed by atoms with Crippen LogP contribution in [0, 0.1) is 6.92 Å². The van der Waals surface area contributed by atoms with Gasteiger partial charge in [0.05, 0.1) is 5.69 Å². The van der Waals surface area contributed by atoms with Crippen molar-refractivity contribution in [1.82, 2.24) is 14.7 Å². The SMILES string of the molecule is Cc1ccc(-c2cc(C(=O)N(CCc3ccccc3)Cc3ccccc3)n(-c3cccc(Cl)c3)n2)o1. The van der Waals surface area contributed by atoms with E-state index in [2.05, 4.69) is 12.1 Å². The van der Waals surface area contributed by atoms with E-state index in [1.807, 2.05) is 84.6 Å². The van der Waals surface area contributed by atoms with Gasteiger partial charge in [0, 0.05) is 24.2 Å². The average molecular weight is 496 g/mol. The predicted molar refractivity (Wildman–Crippen MR) is 142 cm³/mol. The van der Waals surface area contributed by atoms with E-state index in [0.717, 1.165) is 17.7 Å². The molecule has 5 nitrogen and oxygen atoms in total. The fourth-order valence-corrected chi connectivity index (χ4v) is 4.34. The highest BCUT2D eigenvalue weighted by molar-refractivity contribution is 6.30. The predicted octanol–water partition coefficient (Wildman–Crippen LogP) is 6.98. The third kappa shape index (κ3) is 5.42. The highest BCUT2D eigenvalue weighted by Crippen LogP contribution is 2.26. The van der Waals surface area contributed by atoms with Gasteiger partial charge < -0.3 is 9.32 Å². The number of halogens is 1. The number of nitrogens with zero attached hydrogens (tertiary/aromatic N) is 3. The second-order valence-corrected chi connectivity index (χ2v) is 9.10. The molecule has 0 aliphatic heterocycles. The Labute approximate surface area is 215 Å². The van der Waals surface area contributed by atoms with Crippen LogP contribution in [0.25, 0.3) is 17.1 Å². The molecule has 5 rings (SSSR count). The Balaban J connectivity index is 1.54. The van der Waals surface area contributed by atoms with Crippen LogP contribution in [-0.4, -0.2) is 27.1 Å². The van der Waals surface area contributed by atoms with Crippen molar-refractivity contribution in [3.8, 4) is 17.1 Å². The monoisotopic (exact) mass is 495 g/mol. The highest BCUT2D eigenvalue weighted by Gasteiger charge is 2.24. The fraction of sp³-hybridized carbons (Fsp3) is 0.133. The van der Waals surface area contributed by atoms with E-state index < -0.39 is 0 Å². The summed E-state index contributed by atoms with van der Waals surface area (Å²) in [5.74, 6) is 1.28. The molecule has 0 bridgehead atoms. The van der Waals surface area contributed by atoms with Gasteiger partial charge in [0.1, 0.15) is 17.1 Å². The van der Waals surface area contributed by atoms with Crippen LogP contribution >= 0.6 is 11.6 Å². The molecule has 0 aliphatic carbocycles. The first-order chi connectivity index (χ1) is 17.6. The van der Waals surface area contributed by atoms with Crippen molar-refractivity contribution in [3.63, 3.8) is 0 Å². The molecule has 2 heterocycles. The molecule has 6 heteroatoms. The lowest BCUT2D eigenvalue weighted by molar-refractivity contribution is 0.0736. The molecule has 0 unspecified atom stereocenters. The van der Waals surface area contributed by atoms with E-state index in [0.29, 0.717) is 40.9 Å². The molecule has 36 heavy (non-hydrogen) atoms. The van der Waals surface area contributed by atoms with Gasteiger partial charge in [0.15, 0.2) is 5.76 Å². The Kier molecular flexibility index (Phi) is 7.01. The van der Waals surface area contributed by atoms with Crippen molar-refractivity contribution >= 4 is 17.5 Å². The maximum absolute atomic E-state index is 14.1. The Hall–Kier alpha value is -4.09. The van der Waals surface area contributed by atoms with Crippen molar-refractivity contribution in [2.24, 2.45) is 0 Å². The van der Waals surface area contributed by atoms with E-state index in [9.17, 15) is 4.79 Å². The third-order valence-electron chi connectivity index (χ3n) is 5.99. The van der Waals surface area contributed by atoms with Gasteiger partial charge in [0.2, 0.25) is 0 Å². The zero-order valence-corrected chi connectivity index (χ0v) is 20.7. The van der Waals surface area contributed by atoms with Crippen molar-refractivity contribution in [2.75, 3.05) is 6.54 Å². The Morgan fingerprint density at radius 1 is 0.889 bits per heavy atom. The summed E-state index contributed by atoms with van der Waals surface area (Å²) in [6.07, 6.45) is 0.745. The van der Waals surface area contributed by atoms with E-state index >= 15 is 0 Å². The lowest BCUT2D eigenvalue weighted by Crippen LogP contribution is -2.34. The molecular formula is C30H26ClN3O2. The Morgan fingerprint density at radius 3 is 2.28 bits per heavy atom. The van der Waals surface area contributed by atoms with Crippen LogP contribution < -0.4 is 0 Å². The molecular weight excluding hydrogens is 470 g/mol. The number of rotatable bonds is 8. The number of amides is 1. The van der Waals surface area contributed by atoms with Gasteiger partial charge in [-0.25, -0.2) is 4.68 Å². The van der Waals surface area contributed by atoms with Crippen LogP contribution in [0.3, 0.4) is 0 Å². The van der Waals surface area contributed by atoms with Gasteiger partial charge in [-0.05, 0) is 54.8 Å². The number of carbonyl (C=O) groups excluding carboxylic acids is 1. The molecule has 0 saturated heterocycles. The first kappa shape index (κ1) is 23.6. The molecule has 0 spiro atoms. The number of aromatic nitrogens is 2. The zero-order chi connectivity index (χ0) is 24.9. The smallest absolute Gasteiger partial charge is 0.272 e. The van der Waals surface area contributed by atoms with Crippen LogP contribution in [0.1, 0.15) is 27.4 Å². The van der Waals surface area contributed by atoms with Crippen LogP contribution in [-0.2, 0) is 13.0 Å². The maximum Gasteiger partial charge on any atom is 0.272 e. The molecule has 1 amide bonds. The molecule has 0 saturated carbocycles. The summed E-state index contributed by atoms with van der Waals surface area (Å²) in [6.45, 7) is 2.94. The second-order valence-electron chi connectivity index (χ2n) is 8.66. The van der Waals surface area contributed by atoms with Crippen molar-refractivity contribution in [1.29, 1.82) is 0 Å². The van der Waals surface area contributed by atoms with Crippen molar-refractivity contribution in [3.05, 3.63) is 131 Å². The number of hydrogen-bond donors (Lipinski definition) is 0. The standard InChI is InChI=1S/C30H26ClN3O2/c1-22-15-16-29(36-22)27-20-28(34(32-27)26-14-8-13-25(31)19-26)30(35)33(21-24-11-6-3-7-12-24)18-17-23-9-4-2-5-10-23/h2-16,19-20H,17-18,21H2,1H3. The van der Waals surface area contributed by atoms with Crippen LogP contribution in [0.2, 0.25) is 5.02 Å². The molecule has 0 N–H and O–H groups in total. The fourth-order valence-electron chi connectivity index (χ4n) is 4.16. The summed E-state index contributed by atoms with van der Waals surface area (Å²) in [5.41, 5.74) is 4.00. The van der Waals surface area contributed by atoms with Crippen LogP contribution in [0.5, 0.6) is 0 Å². The van der Waals surface area contributed by atoms with Crippen LogP contribution in [0.4, 0.5) is 0 Å². The lowest BCUT2D eigenvalue weighted by atomic mass is 10.1. The summed E-state index contributed by atoms with van der Waals surface area (Å²) in [5, 5.41) is 5.32. The molecule has 2 aromatic heterocycles. The minimum absolute atomic E-state index is 0.114. The van der Waals surface area contributed by atoms with Gasteiger partial charge >= 0.3 is 0 Å². The molecule has 0 radical (unpaired) electrons. The number of aryl methyl sites for hydroxylation is 1. The van der Waals surface area contributed by atoms with Crippen molar-refractivity contribution in [2.45, 2.75) is 19.9 Å². The average Bonchev–Trinajstić information content (AvgIpc) is 3.54. The number of benzene rings is 3. The summed E-state index contributed by atoms with van der Waals surface area (Å²) >= 11 is 6.29. The van der Waals surface area contributed by atoms with Crippen molar-refractivity contribution < 1.29 is 9.21 Å². The second kappa shape index (κ2) is 10.7. The topological polar surface area (TPSA) is 51.3 Å². The van der Waals surface area contributed by atoms with Gasteiger partial charge in [-0.15, -0.1) is 0 Å². The Morgan fingerprint density at radius 2 is 1.61 bits per heavy atom. The molecule has 0 atom stereocenters. The van der Waals surface area contributed by atoms with E-state index in [4.69, 9.17) is 21.1 Å². The first-order valence-corrected chi connectivity index (χ1v) is 12.2. The summed E-state index contributed by atoms with van der Waals surface area (Å²) in [4.78, 5) is 16.0. The first-order valence-electron chi connectivity index (χ1n) is 11.9. The highest BCUT2D eigenvalue weighted by atomic mass is 35.5. The minimum atomic E-state index is -0.114. The summed E-state index contributed by atoms with van der Waals surface area (Å²) < 4.78 is 7.47. The van der Waals surface area contributed by atoms with E-state index in [1.165, 1.54) is 5.56 Å². The molecule has 5 aromatic rings. The molecule has 3 aromatic carbocycles. The minimum Gasteiger partial charge on any atom is -0.460 e. The van der Waals surface area contributed by atoms with Crippen LogP contribution in [0.15, 0.2) is 108 Å². The summed E-state index contributed by atoms with van der Waals surface area (Å²) in [6, 6.07) is 33.1. The quantitative estimate of drug-likeness (QED) is 0.233. The Bertz CT molecular complexity index is 1460. The largest absolute Gasteiger partial charge is 0.460 e. The molecule has 180 valence electrons. The van der Waals surface area contributed by atoms with Gasteiger partial charge in [-0.1, -0.05) is 78.3 Å². The van der Waals surface area contributed by atoms with Gasteiger partial charge in [-0.2, -0.15) is 5.10 Å². The van der Waals surface area contributed by atoms with Gasteiger partial charge in [-0.3, -0.25) is 4.79 Å². The molecule has 0 aliphatic rings. The number of hydrogen-bond acceptors (Lipinski definition) is 3. The lowest BCUT2D eigenvalue weighted by Gasteiger charge is -2.23. The molecule has 0 fully saturated rings. The maximum atomic E-state index is 14.1.